The molecule has 1 saturated carbocycles. The molecule has 3 rings (SSSR count). The van der Waals surface area contributed by atoms with E-state index in [1.165, 1.54) is 17.5 Å². The van der Waals surface area contributed by atoms with Crippen molar-refractivity contribution < 1.29 is 4.79 Å². The van der Waals surface area contributed by atoms with Crippen molar-refractivity contribution in [2.45, 2.75) is 31.6 Å². The zero-order valence-electron chi connectivity index (χ0n) is 12.8. The average molecular weight is 290 g/mol. The molecule has 0 N–H and O–H groups in total. The maximum atomic E-state index is 12.4. The molecule has 0 amide bonds. The van der Waals surface area contributed by atoms with Crippen LogP contribution in [0.15, 0.2) is 66.7 Å². The highest BCUT2D eigenvalue weighted by molar-refractivity contribution is 5.83. The van der Waals surface area contributed by atoms with Crippen molar-refractivity contribution in [3.8, 4) is 0 Å². The van der Waals surface area contributed by atoms with Gasteiger partial charge in [-0.25, -0.2) is 0 Å². The van der Waals surface area contributed by atoms with E-state index in [0.717, 1.165) is 19.3 Å². The van der Waals surface area contributed by atoms with Gasteiger partial charge in [0.2, 0.25) is 0 Å². The Balaban J connectivity index is 1.89. The van der Waals surface area contributed by atoms with E-state index in [-0.39, 0.29) is 11.8 Å². The van der Waals surface area contributed by atoms with Gasteiger partial charge >= 0.3 is 0 Å². The van der Waals surface area contributed by atoms with E-state index in [2.05, 4.69) is 48.6 Å². The van der Waals surface area contributed by atoms with Gasteiger partial charge in [0.05, 0.1) is 0 Å². The topological polar surface area (TPSA) is 17.1 Å². The van der Waals surface area contributed by atoms with Gasteiger partial charge in [-0.05, 0) is 24.0 Å². The molecule has 0 radical (unpaired) electrons. The Kier molecular flexibility index (Phi) is 4.85. The van der Waals surface area contributed by atoms with Gasteiger partial charge in [0.1, 0.15) is 5.78 Å². The van der Waals surface area contributed by atoms with Gasteiger partial charge in [0.15, 0.2) is 0 Å². The summed E-state index contributed by atoms with van der Waals surface area (Å²) in [6.45, 7) is 0. The highest BCUT2D eigenvalue weighted by Gasteiger charge is 2.29. The molecule has 1 nitrogen and oxygen atoms in total. The summed E-state index contributed by atoms with van der Waals surface area (Å²) < 4.78 is 0. The number of rotatable bonds is 4. The molecular weight excluding hydrogens is 268 g/mol. The number of carbonyl (C=O) groups excluding carboxylic acids is 1. The zero-order chi connectivity index (χ0) is 15.2. The van der Waals surface area contributed by atoms with Crippen LogP contribution >= 0.6 is 0 Å². The second kappa shape index (κ2) is 7.22. The Morgan fingerprint density at radius 3 is 2.27 bits per heavy atom. The first-order valence-corrected chi connectivity index (χ1v) is 8.15. The van der Waals surface area contributed by atoms with E-state index in [4.69, 9.17) is 0 Å². The van der Waals surface area contributed by atoms with Crippen molar-refractivity contribution in [3.05, 3.63) is 77.9 Å². The maximum Gasteiger partial charge on any atom is 0.136 e. The monoisotopic (exact) mass is 290 g/mol. The summed E-state index contributed by atoms with van der Waals surface area (Å²) in [7, 11) is 0. The van der Waals surface area contributed by atoms with Gasteiger partial charge in [0, 0.05) is 18.3 Å². The lowest BCUT2D eigenvalue weighted by molar-refractivity contribution is -0.124. The molecule has 1 aliphatic carbocycles. The lowest BCUT2D eigenvalue weighted by Crippen LogP contribution is -2.24. The van der Waals surface area contributed by atoms with Crippen LogP contribution in [0.3, 0.4) is 0 Å². The van der Waals surface area contributed by atoms with Crippen LogP contribution in [0.2, 0.25) is 0 Å². The lowest BCUT2D eigenvalue weighted by Gasteiger charge is -2.27. The molecule has 1 fully saturated rings. The van der Waals surface area contributed by atoms with Crippen LogP contribution in [-0.4, -0.2) is 5.78 Å². The molecule has 22 heavy (non-hydrogen) atoms. The minimum absolute atomic E-state index is 0.135. The van der Waals surface area contributed by atoms with Crippen molar-refractivity contribution in [3.63, 3.8) is 0 Å². The first kappa shape index (κ1) is 14.8. The van der Waals surface area contributed by atoms with E-state index in [0.29, 0.717) is 5.78 Å². The molecule has 0 bridgehead atoms. The third kappa shape index (κ3) is 3.54. The first-order chi connectivity index (χ1) is 10.8. The van der Waals surface area contributed by atoms with Crippen molar-refractivity contribution in [2.75, 3.05) is 0 Å². The molecule has 0 aromatic heterocycles. The second-order valence-electron chi connectivity index (χ2n) is 6.02. The van der Waals surface area contributed by atoms with E-state index in [9.17, 15) is 4.79 Å². The largest absolute Gasteiger partial charge is 0.299 e. The molecule has 0 aliphatic heterocycles. The SMILES string of the molecule is O=C1CCCC[C@H]1C(/C=C/c1ccccc1)c1ccccc1. The van der Waals surface area contributed by atoms with E-state index < -0.39 is 0 Å². The number of Topliss-reactive ketones (excluding diaryl/α,β-unsaturated/α-hetero) is 1. The molecule has 0 spiro atoms. The van der Waals surface area contributed by atoms with Crippen LogP contribution in [0.5, 0.6) is 0 Å². The number of hydrogen-bond donors (Lipinski definition) is 0. The zero-order valence-corrected chi connectivity index (χ0v) is 12.8. The Labute approximate surface area is 132 Å². The number of hydrogen-bond acceptors (Lipinski definition) is 1. The van der Waals surface area contributed by atoms with Crippen LogP contribution in [0.25, 0.3) is 6.08 Å². The highest BCUT2D eigenvalue weighted by atomic mass is 16.1. The van der Waals surface area contributed by atoms with E-state index in [1.807, 2.05) is 24.3 Å². The second-order valence-corrected chi connectivity index (χ2v) is 6.02. The Morgan fingerprint density at radius 2 is 1.59 bits per heavy atom. The number of allylic oxidation sites excluding steroid dienone is 1. The Bertz CT molecular complexity index is 627. The van der Waals surface area contributed by atoms with Gasteiger partial charge in [-0.1, -0.05) is 79.2 Å². The molecule has 1 heteroatoms. The number of benzene rings is 2. The molecule has 0 saturated heterocycles. The van der Waals surface area contributed by atoms with E-state index >= 15 is 0 Å². The van der Waals surface area contributed by atoms with Gasteiger partial charge in [0.25, 0.3) is 0 Å². The summed E-state index contributed by atoms with van der Waals surface area (Å²) in [6.07, 6.45) is 8.35. The standard InChI is InChI=1S/C21H22O/c22-21-14-8-7-13-20(21)19(18-11-5-2-6-12-18)16-15-17-9-3-1-4-10-17/h1-6,9-12,15-16,19-20H,7-8,13-14H2/b16-15+/t19?,20-/m0/s1. The van der Waals surface area contributed by atoms with Crippen LogP contribution in [0, 0.1) is 5.92 Å². The summed E-state index contributed by atoms with van der Waals surface area (Å²) in [4.78, 5) is 12.4. The molecule has 2 aromatic rings. The van der Waals surface area contributed by atoms with Gasteiger partial charge < -0.3 is 0 Å². The van der Waals surface area contributed by atoms with Crippen molar-refractivity contribution in [1.82, 2.24) is 0 Å². The fourth-order valence-corrected chi connectivity index (χ4v) is 3.32. The molecule has 2 aromatic carbocycles. The summed E-state index contributed by atoms with van der Waals surface area (Å²) in [5, 5.41) is 0. The number of carbonyl (C=O) groups is 1. The first-order valence-electron chi connectivity index (χ1n) is 8.15. The lowest BCUT2D eigenvalue weighted by atomic mass is 9.75. The van der Waals surface area contributed by atoms with Gasteiger partial charge in [-0.3, -0.25) is 4.79 Å². The van der Waals surface area contributed by atoms with Gasteiger partial charge in [-0.15, -0.1) is 0 Å². The molecular formula is C21H22O. The maximum absolute atomic E-state index is 12.4. The summed E-state index contributed by atoms with van der Waals surface area (Å²) in [6, 6.07) is 20.7. The molecule has 1 unspecified atom stereocenters. The Hall–Kier alpha value is -2.15. The predicted molar refractivity (Wildman–Crippen MR) is 91.6 cm³/mol. The van der Waals surface area contributed by atoms with Crippen LogP contribution < -0.4 is 0 Å². The summed E-state index contributed by atoms with van der Waals surface area (Å²) in [5.41, 5.74) is 2.43. The van der Waals surface area contributed by atoms with E-state index in [1.54, 1.807) is 0 Å². The minimum Gasteiger partial charge on any atom is -0.299 e. The van der Waals surface area contributed by atoms with Gasteiger partial charge in [-0.2, -0.15) is 0 Å². The smallest absolute Gasteiger partial charge is 0.136 e. The molecule has 112 valence electrons. The van der Waals surface area contributed by atoms with Crippen LogP contribution in [0.1, 0.15) is 42.7 Å². The molecule has 1 aliphatic rings. The fraction of sp³-hybridized carbons (Fsp3) is 0.286. The summed E-state index contributed by atoms with van der Waals surface area (Å²) >= 11 is 0. The fourth-order valence-electron chi connectivity index (χ4n) is 3.32. The summed E-state index contributed by atoms with van der Waals surface area (Å²) in [5.74, 6) is 0.753. The third-order valence-electron chi connectivity index (χ3n) is 4.52. The quantitative estimate of drug-likeness (QED) is 0.752. The third-order valence-corrected chi connectivity index (χ3v) is 4.52. The predicted octanol–water partition coefficient (Wildman–Crippen LogP) is 5.24. The minimum atomic E-state index is 0.135. The Morgan fingerprint density at radius 1 is 0.909 bits per heavy atom. The van der Waals surface area contributed by atoms with Crippen LogP contribution in [-0.2, 0) is 4.79 Å². The molecule has 2 atom stereocenters. The highest BCUT2D eigenvalue weighted by Crippen LogP contribution is 2.35. The van der Waals surface area contributed by atoms with Crippen LogP contribution in [0.4, 0.5) is 0 Å². The van der Waals surface area contributed by atoms with Crippen molar-refractivity contribution in [2.24, 2.45) is 5.92 Å². The average Bonchev–Trinajstić information content (AvgIpc) is 2.58. The number of ketones is 1. The normalized spacial score (nSPS) is 20.2. The molecule has 0 heterocycles. The van der Waals surface area contributed by atoms with Crippen molar-refractivity contribution >= 4 is 11.9 Å². The van der Waals surface area contributed by atoms with Crippen molar-refractivity contribution in [1.29, 1.82) is 0 Å².